The minimum Gasteiger partial charge on any atom is -0.456 e. The van der Waals surface area contributed by atoms with E-state index in [0.29, 0.717) is 5.13 Å². The number of rotatable bonds is 6. The van der Waals surface area contributed by atoms with Gasteiger partial charge in [0.05, 0.1) is 11.4 Å². The number of thiazole rings is 1. The first kappa shape index (κ1) is 19.5. The number of para-hydroxylation sites is 1. The van der Waals surface area contributed by atoms with Crippen molar-refractivity contribution in [1.82, 2.24) is 14.8 Å². The van der Waals surface area contributed by atoms with Gasteiger partial charge in [-0.05, 0) is 12.1 Å². The van der Waals surface area contributed by atoms with E-state index in [0.717, 1.165) is 22.5 Å². The first-order chi connectivity index (χ1) is 14.6. The van der Waals surface area contributed by atoms with E-state index >= 15 is 0 Å². The number of aromatic nitrogens is 3. The molecule has 0 atom stereocenters. The Bertz CT molecular complexity index is 1170. The molecule has 0 saturated carbocycles. The first-order valence-electron chi connectivity index (χ1n) is 9.20. The Hall–Kier alpha value is -3.78. The monoisotopic (exact) mass is 418 g/mol. The molecule has 150 valence electrons. The molecule has 1 amide bonds. The maximum absolute atomic E-state index is 12.4. The molecule has 1 N–H and O–H groups in total. The molecule has 30 heavy (non-hydrogen) atoms. The Kier molecular flexibility index (Phi) is 5.67. The van der Waals surface area contributed by atoms with Crippen LogP contribution in [0.15, 0.2) is 72.2 Å². The fraction of sp³-hybridized carbons (Fsp3) is 0.0909. The van der Waals surface area contributed by atoms with Crippen LogP contribution in [0.3, 0.4) is 0 Å². The van der Waals surface area contributed by atoms with E-state index in [1.54, 1.807) is 10.1 Å². The summed E-state index contributed by atoms with van der Waals surface area (Å²) < 4.78 is 7.25. The summed E-state index contributed by atoms with van der Waals surface area (Å²) in [6.07, 6.45) is 1.86. The van der Waals surface area contributed by atoms with Crippen molar-refractivity contribution in [2.45, 2.75) is 13.5 Å². The van der Waals surface area contributed by atoms with Crippen LogP contribution in [0, 0.1) is 0 Å². The molecule has 4 rings (SSSR count). The van der Waals surface area contributed by atoms with Crippen LogP contribution in [0.1, 0.15) is 23.0 Å². The fourth-order valence-electron chi connectivity index (χ4n) is 2.86. The van der Waals surface area contributed by atoms with E-state index < -0.39 is 5.97 Å². The number of hydrogen-bond donors (Lipinski definition) is 1. The highest BCUT2D eigenvalue weighted by Crippen LogP contribution is 2.25. The van der Waals surface area contributed by atoms with Crippen LogP contribution >= 0.6 is 11.3 Å². The van der Waals surface area contributed by atoms with Crippen molar-refractivity contribution in [1.29, 1.82) is 0 Å². The molecule has 0 spiro atoms. The highest BCUT2D eigenvalue weighted by Gasteiger charge is 2.17. The van der Waals surface area contributed by atoms with Crippen LogP contribution in [0.25, 0.3) is 16.9 Å². The molecule has 0 unspecified atom stereocenters. The van der Waals surface area contributed by atoms with E-state index in [1.165, 1.54) is 18.3 Å². The Labute approximate surface area is 177 Å². The SMILES string of the molecule is CC(=O)Nc1nc(C(=O)OCc2cn(-c3ccccc3)nc2-c2ccccc2)cs1. The van der Waals surface area contributed by atoms with Gasteiger partial charge in [0.2, 0.25) is 5.91 Å². The average Bonchev–Trinajstić information content (AvgIpc) is 3.40. The van der Waals surface area contributed by atoms with E-state index in [1.807, 2.05) is 66.9 Å². The highest BCUT2D eigenvalue weighted by molar-refractivity contribution is 7.14. The molecular weight excluding hydrogens is 400 g/mol. The van der Waals surface area contributed by atoms with Gasteiger partial charge >= 0.3 is 5.97 Å². The minimum atomic E-state index is -0.561. The van der Waals surface area contributed by atoms with Gasteiger partial charge in [0.25, 0.3) is 0 Å². The Balaban J connectivity index is 1.57. The first-order valence-corrected chi connectivity index (χ1v) is 10.1. The molecule has 2 aromatic carbocycles. The lowest BCUT2D eigenvalue weighted by molar-refractivity contribution is -0.114. The molecule has 0 aliphatic rings. The lowest BCUT2D eigenvalue weighted by atomic mass is 10.1. The van der Waals surface area contributed by atoms with Crippen LogP contribution < -0.4 is 5.32 Å². The van der Waals surface area contributed by atoms with Crippen LogP contribution in [-0.4, -0.2) is 26.6 Å². The summed E-state index contributed by atoms with van der Waals surface area (Å²) in [6, 6.07) is 19.5. The molecule has 4 aromatic rings. The molecule has 2 heterocycles. The molecule has 7 nitrogen and oxygen atoms in total. The second kappa shape index (κ2) is 8.71. The Morgan fingerprint density at radius 1 is 1.07 bits per heavy atom. The Morgan fingerprint density at radius 2 is 1.77 bits per heavy atom. The summed E-state index contributed by atoms with van der Waals surface area (Å²) in [4.78, 5) is 27.6. The molecule has 2 aromatic heterocycles. The van der Waals surface area contributed by atoms with Crippen LogP contribution in [-0.2, 0) is 16.1 Å². The zero-order valence-electron chi connectivity index (χ0n) is 16.1. The van der Waals surface area contributed by atoms with Crippen molar-refractivity contribution in [3.63, 3.8) is 0 Å². The second-order valence-electron chi connectivity index (χ2n) is 6.44. The fourth-order valence-corrected chi connectivity index (χ4v) is 3.59. The predicted octanol–water partition coefficient (Wildman–Crippen LogP) is 4.31. The molecule has 0 fully saturated rings. The third-order valence-corrected chi connectivity index (χ3v) is 4.97. The van der Waals surface area contributed by atoms with Gasteiger partial charge in [-0.15, -0.1) is 11.3 Å². The molecule has 0 aliphatic heterocycles. The van der Waals surface area contributed by atoms with Crippen molar-refractivity contribution < 1.29 is 14.3 Å². The third kappa shape index (κ3) is 4.44. The number of nitrogens with one attached hydrogen (secondary N) is 1. The van der Waals surface area contributed by atoms with Crippen molar-refractivity contribution in [2.75, 3.05) is 5.32 Å². The number of carbonyl (C=O) groups is 2. The normalized spacial score (nSPS) is 10.6. The van der Waals surface area contributed by atoms with Gasteiger partial charge in [-0.1, -0.05) is 48.5 Å². The maximum Gasteiger partial charge on any atom is 0.358 e. The number of hydrogen-bond acceptors (Lipinski definition) is 6. The Morgan fingerprint density at radius 3 is 2.47 bits per heavy atom. The zero-order valence-corrected chi connectivity index (χ0v) is 16.9. The number of anilines is 1. The largest absolute Gasteiger partial charge is 0.456 e. The summed E-state index contributed by atoms with van der Waals surface area (Å²) >= 11 is 1.17. The quantitative estimate of drug-likeness (QED) is 0.472. The van der Waals surface area contributed by atoms with Crippen LogP contribution in [0.5, 0.6) is 0 Å². The number of carbonyl (C=O) groups excluding carboxylic acids is 2. The topological polar surface area (TPSA) is 86.1 Å². The molecule has 0 radical (unpaired) electrons. The van der Waals surface area contributed by atoms with Crippen molar-refractivity contribution in [2.24, 2.45) is 0 Å². The molecule has 8 heteroatoms. The van der Waals surface area contributed by atoms with Gasteiger partial charge < -0.3 is 10.1 Å². The highest BCUT2D eigenvalue weighted by atomic mass is 32.1. The summed E-state index contributed by atoms with van der Waals surface area (Å²) in [5.74, 6) is -0.806. The van der Waals surface area contributed by atoms with E-state index in [4.69, 9.17) is 9.84 Å². The summed E-state index contributed by atoms with van der Waals surface area (Å²) in [7, 11) is 0. The third-order valence-electron chi connectivity index (χ3n) is 4.21. The molecule has 0 aliphatic carbocycles. The number of nitrogens with zero attached hydrogens (tertiary/aromatic N) is 3. The summed E-state index contributed by atoms with van der Waals surface area (Å²) in [6.45, 7) is 1.43. The number of benzene rings is 2. The van der Waals surface area contributed by atoms with Gasteiger partial charge in [-0.3, -0.25) is 4.79 Å². The van der Waals surface area contributed by atoms with Crippen molar-refractivity contribution in [3.05, 3.63) is 83.5 Å². The number of amides is 1. The average molecular weight is 418 g/mol. The summed E-state index contributed by atoms with van der Waals surface area (Å²) in [5.41, 5.74) is 3.51. The van der Waals surface area contributed by atoms with E-state index in [-0.39, 0.29) is 18.2 Å². The summed E-state index contributed by atoms with van der Waals surface area (Å²) in [5, 5.41) is 9.17. The van der Waals surface area contributed by atoms with E-state index in [9.17, 15) is 9.59 Å². The number of ether oxygens (including phenoxy) is 1. The zero-order chi connectivity index (χ0) is 20.9. The smallest absolute Gasteiger partial charge is 0.358 e. The van der Waals surface area contributed by atoms with Crippen molar-refractivity contribution >= 4 is 28.3 Å². The molecule has 0 bridgehead atoms. The van der Waals surface area contributed by atoms with Gasteiger partial charge in [-0.2, -0.15) is 5.10 Å². The molecular formula is C22H18N4O3S. The van der Waals surface area contributed by atoms with Gasteiger partial charge in [0, 0.05) is 29.6 Å². The maximum atomic E-state index is 12.4. The van der Waals surface area contributed by atoms with Crippen LogP contribution in [0.2, 0.25) is 0 Å². The predicted molar refractivity (Wildman–Crippen MR) is 115 cm³/mol. The van der Waals surface area contributed by atoms with E-state index in [2.05, 4.69) is 10.3 Å². The van der Waals surface area contributed by atoms with Gasteiger partial charge in [0.15, 0.2) is 10.8 Å². The standard InChI is InChI=1S/C22H18N4O3S/c1-15(27)23-22-24-19(14-30-22)21(28)29-13-17-12-26(18-10-6-3-7-11-18)25-20(17)16-8-4-2-5-9-16/h2-12,14H,13H2,1H3,(H,23,24,27). The number of esters is 1. The minimum absolute atomic E-state index is 0.0445. The lowest BCUT2D eigenvalue weighted by Gasteiger charge is -2.04. The second-order valence-corrected chi connectivity index (χ2v) is 7.30. The van der Waals surface area contributed by atoms with Crippen molar-refractivity contribution in [3.8, 4) is 16.9 Å². The van der Waals surface area contributed by atoms with Gasteiger partial charge in [-0.25, -0.2) is 14.5 Å². The van der Waals surface area contributed by atoms with Crippen LogP contribution in [0.4, 0.5) is 5.13 Å². The van der Waals surface area contributed by atoms with Gasteiger partial charge in [0.1, 0.15) is 6.61 Å². The lowest BCUT2D eigenvalue weighted by Crippen LogP contribution is -2.08. The molecule has 0 saturated heterocycles.